The quantitative estimate of drug-likeness (QED) is 0.486. The number of rotatable bonds is 7. The van der Waals surface area contributed by atoms with E-state index in [4.69, 9.17) is 4.84 Å². The summed E-state index contributed by atoms with van der Waals surface area (Å²) in [5, 5.41) is 0. The number of hydrogen-bond donors (Lipinski definition) is 1. The van der Waals surface area contributed by atoms with Crippen LogP contribution in [0.2, 0.25) is 0 Å². The van der Waals surface area contributed by atoms with Crippen LogP contribution in [0.25, 0.3) is 5.57 Å². The van der Waals surface area contributed by atoms with Crippen LogP contribution in [0, 0.1) is 12.7 Å². The van der Waals surface area contributed by atoms with E-state index in [0.717, 1.165) is 32.1 Å². The molecule has 0 aliphatic carbocycles. The fourth-order valence-electron chi connectivity index (χ4n) is 2.86. The van der Waals surface area contributed by atoms with Crippen LogP contribution >= 0.6 is 11.8 Å². The average Bonchev–Trinajstić information content (AvgIpc) is 2.73. The molecule has 0 fully saturated rings. The van der Waals surface area contributed by atoms with Gasteiger partial charge in [-0.3, -0.25) is 9.63 Å². The van der Waals surface area contributed by atoms with E-state index in [-0.39, 0.29) is 11.7 Å². The largest absolute Gasteiger partial charge is 0.274 e. The molecule has 0 atom stereocenters. The number of nitrogens with one attached hydrogen (secondary N) is 1. The summed E-state index contributed by atoms with van der Waals surface area (Å²) in [7, 11) is 0. The number of aryl methyl sites for hydroxylation is 1. The first-order chi connectivity index (χ1) is 14.0. The molecule has 3 aromatic carbocycles. The van der Waals surface area contributed by atoms with Crippen molar-refractivity contribution in [3.8, 4) is 0 Å². The minimum atomic E-state index is -0.287. The first-order valence-corrected chi connectivity index (χ1v) is 10.1. The summed E-state index contributed by atoms with van der Waals surface area (Å²) in [6.07, 6.45) is 0. The second-order valence-electron chi connectivity index (χ2n) is 6.43. The molecule has 0 saturated heterocycles. The summed E-state index contributed by atoms with van der Waals surface area (Å²) < 4.78 is 13.6. The topological polar surface area (TPSA) is 38.3 Å². The summed E-state index contributed by atoms with van der Waals surface area (Å²) in [5.74, 6) is -0.558. The van der Waals surface area contributed by atoms with Gasteiger partial charge in [-0.1, -0.05) is 48.7 Å². The van der Waals surface area contributed by atoms with Gasteiger partial charge in [0.15, 0.2) is 0 Å². The molecule has 0 aliphatic rings. The van der Waals surface area contributed by atoms with E-state index in [1.54, 1.807) is 30.8 Å². The molecule has 0 aliphatic heterocycles. The number of benzene rings is 3. The molecule has 0 radical (unpaired) electrons. The maximum Gasteiger partial charge on any atom is 0.274 e. The number of hydroxylamine groups is 1. The van der Waals surface area contributed by atoms with Crippen molar-refractivity contribution >= 4 is 23.2 Å². The van der Waals surface area contributed by atoms with Crippen molar-refractivity contribution in [1.82, 2.24) is 5.48 Å². The fraction of sp³-hybridized carbons (Fsp3) is 0.125. The summed E-state index contributed by atoms with van der Waals surface area (Å²) in [6.45, 7) is 8.36. The third kappa shape index (κ3) is 5.13. The number of halogens is 1. The number of amides is 1. The van der Waals surface area contributed by atoms with Crippen LogP contribution in [-0.2, 0) is 4.84 Å². The summed E-state index contributed by atoms with van der Waals surface area (Å²) in [4.78, 5) is 19.1. The third-order valence-corrected chi connectivity index (χ3v) is 5.61. The van der Waals surface area contributed by atoms with Gasteiger partial charge in [-0.25, -0.2) is 9.87 Å². The molecule has 0 aromatic heterocycles. The number of carbonyl (C=O) groups excluding carboxylic acids is 1. The van der Waals surface area contributed by atoms with Crippen LogP contribution in [0.1, 0.15) is 34.0 Å². The zero-order valence-electron chi connectivity index (χ0n) is 16.4. The Morgan fingerprint density at radius 3 is 2.55 bits per heavy atom. The van der Waals surface area contributed by atoms with Crippen molar-refractivity contribution in [2.45, 2.75) is 23.6 Å². The van der Waals surface area contributed by atoms with Crippen LogP contribution in [0.15, 0.2) is 83.1 Å². The van der Waals surface area contributed by atoms with Gasteiger partial charge < -0.3 is 0 Å². The molecule has 3 rings (SSSR count). The van der Waals surface area contributed by atoms with Gasteiger partial charge >= 0.3 is 0 Å². The Morgan fingerprint density at radius 1 is 1.03 bits per heavy atom. The second kappa shape index (κ2) is 9.54. The third-order valence-electron chi connectivity index (χ3n) is 4.35. The predicted molar refractivity (Wildman–Crippen MR) is 115 cm³/mol. The van der Waals surface area contributed by atoms with Gasteiger partial charge in [0.05, 0.1) is 6.61 Å². The van der Waals surface area contributed by atoms with E-state index >= 15 is 0 Å². The van der Waals surface area contributed by atoms with Crippen molar-refractivity contribution in [2.24, 2.45) is 0 Å². The zero-order chi connectivity index (χ0) is 20.8. The van der Waals surface area contributed by atoms with E-state index in [2.05, 4.69) is 12.1 Å². The normalized spacial score (nSPS) is 10.6. The first kappa shape index (κ1) is 20.8. The SMILES string of the molecule is C=C(c1cccc(F)c1)c1ccccc1Sc1ccc(C(=O)NOCC)cc1C. The first-order valence-electron chi connectivity index (χ1n) is 9.24. The molecular formula is C24H22FNO2S. The lowest BCUT2D eigenvalue weighted by molar-refractivity contribution is 0.0364. The predicted octanol–water partition coefficient (Wildman–Crippen LogP) is 6.03. The van der Waals surface area contributed by atoms with Crippen molar-refractivity contribution in [3.63, 3.8) is 0 Å². The van der Waals surface area contributed by atoms with Crippen molar-refractivity contribution in [3.05, 3.63) is 101 Å². The number of carbonyl (C=O) groups is 1. The Labute approximate surface area is 174 Å². The van der Waals surface area contributed by atoms with Gasteiger partial charge in [-0.05, 0) is 72.5 Å². The highest BCUT2D eigenvalue weighted by Crippen LogP contribution is 2.37. The molecule has 1 N–H and O–H groups in total. The standard InChI is InChI=1S/C24H22FNO2S/c1-4-28-26-24(27)19-12-13-22(16(2)14-19)29-23-11-6-5-10-21(23)17(3)18-8-7-9-20(25)15-18/h5-15H,3-4H2,1-2H3,(H,26,27). The monoisotopic (exact) mass is 407 g/mol. The van der Waals surface area contributed by atoms with Crippen LogP contribution in [-0.4, -0.2) is 12.5 Å². The van der Waals surface area contributed by atoms with Crippen LogP contribution in [0.3, 0.4) is 0 Å². The molecule has 5 heteroatoms. The Morgan fingerprint density at radius 2 is 1.83 bits per heavy atom. The van der Waals surface area contributed by atoms with E-state index in [1.165, 1.54) is 12.1 Å². The van der Waals surface area contributed by atoms with Crippen molar-refractivity contribution in [2.75, 3.05) is 6.61 Å². The Hall–Kier alpha value is -2.89. The van der Waals surface area contributed by atoms with E-state index in [9.17, 15) is 9.18 Å². The molecule has 29 heavy (non-hydrogen) atoms. The fourth-order valence-corrected chi connectivity index (χ4v) is 3.90. The average molecular weight is 408 g/mol. The molecule has 148 valence electrons. The van der Waals surface area contributed by atoms with Crippen LogP contribution in [0.4, 0.5) is 4.39 Å². The van der Waals surface area contributed by atoms with Gasteiger partial charge in [0.25, 0.3) is 5.91 Å². The van der Waals surface area contributed by atoms with Crippen molar-refractivity contribution < 1.29 is 14.0 Å². The van der Waals surface area contributed by atoms with Crippen molar-refractivity contribution in [1.29, 1.82) is 0 Å². The van der Waals surface area contributed by atoms with E-state index < -0.39 is 0 Å². The van der Waals surface area contributed by atoms with Gasteiger partial charge in [-0.15, -0.1) is 0 Å². The van der Waals surface area contributed by atoms with Gasteiger partial charge in [0.1, 0.15) is 5.82 Å². The number of hydrogen-bond acceptors (Lipinski definition) is 3. The lowest BCUT2D eigenvalue weighted by Gasteiger charge is -2.14. The molecule has 0 bridgehead atoms. The smallest absolute Gasteiger partial charge is 0.274 e. The minimum absolute atomic E-state index is 0.272. The Kier molecular flexibility index (Phi) is 6.86. The molecule has 0 heterocycles. The molecular weight excluding hydrogens is 385 g/mol. The molecule has 3 nitrogen and oxygen atoms in total. The molecule has 0 unspecified atom stereocenters. The highest BCUT2D eigenvalue weighted by Gasteiger charge is 2.13. The van der Waals surface area contributed by atoms with E-state index in [1.807, 2.05) is 49.4 Å². The van der Waals surface area contributed by atoms with Gasteiger partial charge in [0.2, 0.25) is 0 Å². The summed E-state index contributed by atoms with van der Waals surface area (Å²) in [5.41, 5.74) is 6.38. The van der Waals surface area contributed by atoms with Gasteiger partial charge in [-0.2, -0.15) is 0 Å². The van der Waals surface area contributed by atoms with Gasteiger partial charge in [0, 0.05) is 15.4 Å². The molecule has 1 amide bonds. The maximum atomic E-state index is 13.6. The lowest BCUT2D eigenvalue weighted by atomic mass is 9.99. The Balaban J connectivity index is 1.86. The maximum absolute atomic E-state index is 13.6. The minimum Gasteiger partial charge on any atom is -0.274 e. The van der Waals surface area contributed by atoms with Crippen LogP contribution in [0.5, 0.6) is 0 Å². The molecule has 3 aromatic rings. The lowest BCUT2D eigenvalue weighted by Crippen LogP contribution is -2.23. The highest BCUT2D eigenvalue weighted by molar-refractivity contribution is 7.99. The molecule has 0 spiro atoms. The summed E-state index contributed by atoms with van der Waals surface area (Å²) in [6, 6.07) is 19.9. The zero-order valence-corrected chi connectivity index (χ0v) is 17.2. The Bertz CT molecular complexity index is 1050. The molecule has 0 saturated carbocycles. The van der Waals surface area contributed by atoms with E-state index in [0.29, 0.717) is 12.2 Å². The highest BCUT2D eigenvalue weighted by atomic mass is 32.2. The van der Waals surface area contributed by atoms with Crippen LogP contribution < -0.4 is 5.48 Å². The summed E-state index contributed by atoms with van der Waals surface area (Å²) >= 11 is 1.59. The second-order valence-corrected chi connectivity index (χ2v) is 7.52.